The summed E-state index contributed by atoms with van der Waals surface area (Å²) in [7, 11) is 1.77. The Labute approximate surface area is 155 Å². The Hall–Kier alpha value is -3.68. The number of carboxylic acids is 1. The van der Waals surface area contributed by atoms with E-state index in [1.807, 2.05) is 13.8 Å². The fourth-order valence-electron chi connectivity index (χ4n) is 2.76. The van der Waals surface area contributed by atoms with Crippen LogP contribution in [0.2, 0.25) is 0 Å². The quantitative estimate of drug-likeness (QED) is 0.639. The van der Waals surface area contributed by atoms with Gasteiger partial charge in [-0.25, -0.2) is 14.8 Å². The number of rotatable bonds is 5. The van der Waals surface area contributed by atoms with Crippen LogP contribution in [0.25, 0.3) is 11.4 Å². The second-order valence-corrected chi connectivity index (χ2v) is 6.27. The van der Waals surface area contributed by atoms with Gasteiger partial charge in [0.25, 0.3) is 0 Å². The highest BCUT2D eigenvalue weighted by atomic mass is 16.4. The first-order valence-corrected chi connectivity index (χ1v) is 8.17. The summed E-state index contributed by atoms with van der Waals surface area (Å²) in [6.45, 7) is 3.71. The van der Waals surface area contributed by atoms with Crippen LogP contribution < -0.4 is 11.1 Å². The van der Waals surface area contributed by atoms with Crippen LogP contribution in [0.15, 0.2) is 36.7 Å². The van der Waals surface area contributed by atoms with E-state index < -0.39 is 11.9 Å². The molecule has 0 unspecified atom stereocenters. The van der Waals surface area contributed by atoms with Crippen molar-refractivity contribution in [2.45, 2.75) is 13.8 Å². The number of aromatic nitrogens is 3. The predicted octanol–water partition coefficient (Wildman–Crippen LogP) is 2.64. The monoisotopic (exact) mass is 365 g/mol. The lowest BCUT2D eigenvalue weighted by atomic mass is 10.1. The van der Waals surface area contributed by atoms with Gasteiger partial charge in [-0.15, -0.1) is 0 Å². The first kappa shape index (κ1) is 18.1. The van der Waals surface area contributed by atoms with Crippen molar-refractivity contribution in [3.63, 3.8) is 0 Å². The Kier molecular flexibility index (Phi) is 4.64. The van der Waals surface area contributed by atoms with E-state index in [-0.39, 0.29) is 5.56 Å². The number of hydrogen-bond acceptors (Lipinski definition) is 5. The zero-order valence-corrected chi connectivity index (χ0v) is 15.1. The van der Waals surface area contributed by atoms with Crippen molar-refractivity contribution in [1.29, 1.82) is 0 Å². The summed E-state index contributed by atoms with van der Waals surface area (Å²) in [4.78, 5) is 31.3. The van der Waals surface area contributed by atoms with E-state index in [1.54, 1.807) is 48.3 Å². The normalized spacial score (nSPS) is 10.6. The van der Waals surface area contributed by atoms with Gasteiger partial charge in [0.15, 0.2) is 0 Å². The Morgan fingerprint density at radius 3 is 2.48 bits per heavy atom. The van der Waals surface area contributed by atoms with Crippen LogP contribution in [0.3, 0.4) is 0 Å². The molecule has 0 saturated carbocycles. The van der Waals surface area contributed by atoms with Gasteiger partial charge in [-0.1, -0.05) is 0 Å². The van der Waals surface area contributed by atoms with Gasteiger partial charge in [0.05, 0.1) is 17.0 Å². The molecule has 0 spiro atoms. The maximum absolute atomic E-state index is 11.3. The predicted molar refractivity (Wildman–Crippen MR) is 101 cm³/mol. The van der Waals surface area contributed by atoms with Crippen LogP contribution in [0.5, 0.6) is 0 Å². The van der Waals surface area contributed by atoms with Gasteiger partial charge in [0.2, 0.25) is 11.9 Å². The average Bonchev–Trinajstić information content (AvgIpc) is 3.00. The zero-order chi connectivity index (χ0) is 19.7. The number of nitrogens with zero attached hydrogens (tertiary/aromatic N) is 3. The molecule has 2 aromatic heterocycles. The second-order valence-electron chi connectivity index (χ2n) is 6.27. The fourth-order valence-corrected chi connectivity index (χ4v) is 2.76. The van der Waals surface area contributed by atoms with Gasteiger partial charge < -0.3 is 20.7 Å². The summed E-state index contributed by atoms with van der Waals surface area (Å²) in [5, 5.41) is 12.3. The van der Waals surface area contributed by atoms with Gasteiger partial charge in [-0.3, -0.25) is 4.79 Å². The summed E-state index contributed by atoms with van der Waals surface area (Å²) >= 11 is 0. The summed E-state index contributed by atoms with van der Waals surface area (Å²) in [6.07, 6.45) is 3.21. The molecule has 3 aromatic rings. The lowest BCUT2D eigenvalue weighted by Crippen LogP contribution is -2.11. The van der Waals surface area contributed by atoms with E-state index in [2.05, 4.69) is 15.3 Å². The summed E-state index contributed by atoms with van der Waals surface area (Å²) in [5.74, 6) is -1.12. The number of nitrogens with one attached hydrogen (secondary N) is 1. The smallest absolute Gasteiger partial charge is 0.337 e. The molecule has 2 heterocycles. The molecule has 8 heteroatoms. The van der Waals surface area contributed by atoms with Gasteiger partial charge in [-0.05, 0) is 49.2 Å². The Bertz CT molecular complexity index is 1060. The second kappa shape index (κ2) is 6.91. The maximum atomic E-state index is 11.3. The minimum absolute atomic E-state index is 0.193. The molecule has 0 saturated heterocycles. The van der Waals surface area contributed by atoms with E-state index in [0.717, 1.165) is 16.8 Å². The van der Waals surface area contributed by atoms with Crippen LogP contribution in [-0.4, -0.2) is 31.5 Å². The molecule has 8 nitrogen and oxygen atoms in total. The van der Waals surface area contributed by atoms with Crippen LogP contribution in [0.4, 0.5) is 11.6 Å². The number of aryl methyl sites for hydroxylation is 3. The topological polar surface area (TPSA) is 123 Å². The van der Waals surface area contributed by atoms with E-state index in [9.17, 15) is 14.7 Å². The van der Waals surface area contributed by atoms with E-state index in [0.29, 0.717) is 22.9 Å². The third-order valence-corrected chi connectivity index (χ3v) is 4.22. The minimum atomic E-state index is -0.993. The summed E-state index contributed by atoms with van der Waals surface area (Å²) < 4.78 is 1.72. The minimum Gasteiger partial charge on any atom is -0.478 e. The molecule has 0 radical (unpaired) electrons. The standard InChI is InChI=1S/C19H19N5O3/c1-10-6-12(17(20)25)4-5-14(10)22-19-21-8-11(2)16(23-19)15-7-13(18(26)27)9-24(15)3/h4-9H,1-3H3,(H2,20,25)(H,26,27)(H,21,22,23). The molecule has 138 valence electrons. The van der Waals surface area contributed by atoms with Gasteiger partial charge >= 0.3 is 5.97 Å². The lowest BCUT2D eigenvalue weighted by Gasteiger charge is -2.12. The first-order chi connectivity index (χ1) is 12.8. The number of hydrogen-bond donors (Lipinski definition) is 3. The molecule has 0 aliphatic carbocycles. The number of anilines is 2. The van der Waals surface area contributed by atoms with Crippen molar-refractivity contribution in [2.24, 2.45) is 12.8 Å². The molecule has 3 rings (SSSR count). The van der Waals surface area contributed by atoms with Crippen molar-refractivity contribution in [3.05, 3.63) is 58.9 Å². The molecule has 1 amide bonds. The van der Waals surface area contributed by atoms with Crippen molar-refractivity contribution >= 4 is 23.5 Å². The highest BCUT2D eigenvalue weighted by Crippen LogP contribution is 2.26. The number of carbonyl (C=O) groups is 2. The number of amides is 1. The third-order valence-electron chi connectivity index (χ3n) is 4.22. The van der Waals surface area contributed by atoms with Crippen LogP contribution in [0.1, 0.15) is 31.8 Å². The number of carboxylic acid groups (broad SMARTS) is 1. The lowest BCUT2D eigenvalue weighted by molar-refractivity contribution is 0.0696. The number of nitrogens with two attached hydrogens (primary N) is 1. The molecule has 0 atom stereocenters. The molecule has 0 aliphatic heterocycles. The Balaban J connectivity index is 1.97. The molecule has 27 heavy (non-hydrogen) atoms. The number of benzene rings is 1. The van der Waals surface area contributed by atoms with Crippen LogP contribution in [0, 0.1) is 13.8 Å². The molecule has 1 aromatic carbocycles. The number of primary amides is 1. The Morgan fingerprint density at radius 2 is 1.89 bits per heavy atom. The van der Waals surface area contributed by atoms with E-state index in [1.165, 1.54) is 0 Å². The molecule has 4 N–H and O–H groups in total. The molecular formula is C19H19N5O3. The van der Waals surface area contributed by atoms with Crippen molar-refractivity contribution in [3.8, 4) is 11.4 Å². The summed E-state index contributed by atoms with van der Waals surface area (Å²) in [5.41, 5.74) is 9.61. The molecule has 0 fully saturated rings. The van der Waals surface area contributed by atoms with Gasteiger partial charge in [0, 0.05) is 30.7 Å². The van der Waals surface area contributed by atoms with Crippen LogP contribution in [-0.2, 0) is 7.05 Å². The van der Waals surface area contributed by atoms with Crippen molar-refractivity contribution < 1.29 is 14.7 Å². The first-order valence-electron chi connectivity index (χ1n) is 8.17. The average molecular weight is 365 g/mol. The van der Waals surface area contributed by atoms with E-state index >= 15 is 0 Å². The SMILES string of the molecule is Cc1cc(C(N)=O)ccc1Nc1ncc(C)c(-c2cc(C(=O)O)cn2C)n1. The van der Waals surface area contributed by atoms with Crippen molar-refractivity contribution in [1.82, 2.24) is 14.5 Å². The largest absolute Gasteiger partial charge is 0.478 e. The highest BCUT2D eigenvalue weighted by Gasteiger charge is 2.15. The van der Waals surface area contributed by atoms with Crippen molar-refractivity contribution in [2.75, 3.05) is 5.32 Å². The summed E-state index contributed by atoms with van der Waals surface area (Å²) in [6, 6.07) is 6.64. The number of aromatic carboxylic acids is 1. The van der Waals surface area contributed by atoms with Crippen LogP contribution >= 0.6 is 0 Å². The Morgan fingerprint density at radius 1 is 1.15 bits per heavy atom. The zero-order valence-electron chi connectivity index (χ0n) is 15.1. The maximum Gasteiger partial charge on any atom is 0.337 e. The highest BCUT2D eigenvalue weighted by molar-refractivity contribution is 5.93. The molecule has 0 bridgehead atoms. The number of carbonyl (C=O) groups excluding carboxylic acids is 1. The molecule has 0 aliphatic rings. The third kappa shape index (κ3) is 3.64. The fraction of sp³-hybridized carbons (Fsp3) is 0.158. The van der Waals surface area contributed by atoms with E-state index in [4.69, 9.17) is 5.73 Å². The molecular weight excluding hydrogens is 346 g/mol. The van der Waals surface area contributed by atoms with Gasteiger partial charge in [0.1, 0.15) is 0 Å². The van der Waals surface area contributed by atoms with Gasteiger partial charge in [-0.2, -0.15) is 0 Å².